The molecule has 3 rings (SSSR count). The molecule has 0 saturated heterocycles. The molecule has 8 heteroatoms. The van der Waals surface area contributed by atoms with Crippen LogP contribution in [0, 0.1) is 0 Å². The van der Waals surface area contributed by atoms with Gasteiger partial charge >= 0.3 is 158 Å². The summed E-state index contributed by atoms with van der Waals surface area (Å²) in [6.07, 6.45) is 1.58. The molecule has 0 spiro atoms. The van der Waals surface area contributed by atoms with Gasteiger partial charge in [-0.05, 0) is 0 Å². The molecule has 0 atom stereocenters. The van der Waals surface area contributed by atoms with E-state index in [9.17, 15) is 0 Å². The molecule has 3 aromatic rings. The van der Waals surface area contributed by atoms with Gasteiger partial charge in [0.05, 0.1) is 0 Å². The van der Waals surface area contributed by atoms with Crippen LogP contribution in [-0.2, 0) is 13.6 Å². The van der Waals surface area contributed by atoms with E-state index in [0.717, 1.165) is 33.9 Å². The van der Waals surface area contributed by atoms with E-state index in [1.807, 2.05) is 29.9 Å². The Morgan fingerprint density at radius 1 is 1.12 bits per heavy atom. The summed E-state index contributed by atoms with van der Waals surface area (Å²) < 4.78 is 13.8. The number of rotatable bonds is 6. The molecular formula is C18H25N5O2Sn. The fourth-order valence-electron chi connectivity index (χ4n) is 2.92. The molecule has 138 valence electrons. The van der Waals surface area contributed by atoms with Crippen molar-refractivity contribution >= 4 is 38.9 Å². The van der Waals surface area contributed by atoms with E-state index >= 15 is 0 Å². The van der Waals surface area contributed by atoms with Crippen LogP contribution in [0.2, 0.25) is 14.8 Å². The summed E-state index contributed by atoms with van der Waals surface area (Å²) in [4.78, 5) is 16.0. The first-order valence-electron chi connectivity index (χ1n) is 8.48. The number of anilines is 1. The van der Waals surface area contributed by atoms with Gasteiger partial charge in [0, 0.05) is 0 Å². The van der Waals surface area contributed by atoms with Gasteiger partial charge in [0.1, 0.15) is 0 Å². The molecule has 7 nitrogen and oxygen atoms in total. The van der Waals surface area contributed by atoms with E-state index in [-0.39, 0.29) is 0 Å². The number of aryl methyl sites for hydroxylation is 1. The minimum absolute atomic E-state index is 0.591. The van der Waals surface area contributed by atoms with Crippen molar-refractivity contribution in [1.82, 2.24) is 19.7 Å². The number of aromatic nitrogens is 4. The molecule has 0 saturated carbocycles. The van der Waals surface area contributed by atoms with E-state index in [0.29, 0.717) is 6.54 Å². The SMILES string of the molecule is COc1ccc(CNc2ncnc3c2[c]([Sn]([CH3])([CH3])[CH3])nn3C)c(OC)c1. The summed E-state index contributed by atoms with van der Waals surface area (Å²) in [5.74, 6) is 2.37. The Bertz CT molecular complexity index is 933. The van der Waals surface area contributed by atoms with Crippen molar-refractivity contribution in [3.05, 3.63) is 30.1 Å². The van der Waals surface area contributed by atoms with Crippen LogP contribution >= 0.6 is 0 Å². The first kappa shape index (κ1) is 18.8. The summed E-state index contributed by atoms with van der Waals surface area (Å²) in [6, 6.07) is 5.81. The van der Waals surface area contributed by atoms with Gasteiger partial charge in [-0.15, -0.1) is 0 Å². The van der Waals surface area contributed by atoms with Gasteiger partial charge in [-0.3, -0.25) is 0 Å². The summed E-state index contributed by atoms with van der Waals surface area (Å²) in [7, 11) is 5.24. The molecule has 0 radical (unpaired) electrons. The van der Waals surface area contributed by atoms with Gasteiger partial charge in [-0.2, -0.15) is 0 Å². The van der Waals surface area contributed by atoms with Crippen molar-refractivity contribution in [3.63, 3.8) is 0 Å². The predicted octanol–water partition coefficient (Wildman–Crippen LogP) is 2.54. The summed E-state index contributed by atoms with van der Waals surface area (Å²) in [5.41, 5.74) is 1.90. The molecule has 2 heterocycles. The molecule has 1 N–H and O–H groups in total. The first-order chi connectivity index (χ1) is 12.3. The second-order valence-electron chi connectivity index (χ2n) is 7.17. The standard InChI is InChI=1S/C15H16N5O2.3CH3.Sn/c1-20-15-12(8-19-20)14(17-9-18-15)16-7-10-4-5-11(21-2)6-13(10)22-3;;;;/h4-6,9H,7H2,1-3H3,(H,16,17,18);3*1H3;. The van der Waals surface area contributed by atoms with Crippen LogP contribution in [0.3, 0.4) is 0 Å². The zero-order valence-electron chi connectivity index (χ0n) is 16.1. The maximum absolute atomic E-state index is 5.49. The quantitative estimate of drug-likeness (QED) is 0.568. The third-order valence-electron chi connectivity index (χ3n) is 4.27. The summed E-state index contributed by atoms with van der Waals surface area (Å²) in [6.45, 7) is 0.591. The van der Waals surface area contributed by atoms with Crippen molar-refractivity contribution in [2.75, 3.05) is 19.5 Å². The molecule has 0 amide bonds. The Balaban J connectivity index is 1.98. The molecule has 1 aromatic carbocycles. The van der Waals surface area contributed by atoms with Gasteiger partial charge in [-0.25, -0.2) is 0 Å². The average Bonchev–Trinajstić information content (AvgIpc) is 2.97. The van der Waals surface area contributed by atoms with E-state index in [1.165, 1.54) is 3.71 Å². The molecule has 0 bridgehead atoms. The number of methoxy groups -OCH3 is 2. The monoisotopic (exact) mass is 463 g/mol. The number of hydrogen-bond donors (Lipinski definition) is 1. The Hall–Kier alpha value is -2.03. The van der Waals surface area contributed by atoms with Gasteiger partial charge in [0.2, 0.25) is 0 Å². The van der Waals surface area contributed by atoms with Crippen molar-refractivity contribution in [1.29, 1.82) is 0 Å². The van der Waals surface area contributed by atoms with Crippen molar-refractivity contribution in [3.8, 4) is 11.5 Å². The number of benzene rings is 1. The fourth-order valence-corrected chi connectivity index (χ4v) is 7.00. The zero-order chi connectivity index (χ0) is 18.9. The van der Waals surface area contributed by atoms with Crippen LogP contribution in [0.25, 0.3) is 11.0 Å². The van der Waals surface area contributed by atoms with Crippen LogP contribution < -0.4 is 18.5 Å². The van der Waals surface area contributed by atoms with Crippen molar-refractivity contribution in [2.45, 2.75) is 21.4 Å². The molecule has 0 fully saturated rings. The first-order valence-corrected chi connectivity index (χ1v) is 18.5. The zero-order valence-corrected chi connectivity index (χ0v) is 19.0. The number of ether oxygens (including phenoxy) is 2. The average molecular weight is 462 g/mol. The number of nitrogens with zero attached hydrogens (tertiary/aromatic N) is 4. The molecule has 0 aliphatic heterocycles. The van der Waals surface area contributed by atoms with E-state index in [4.69, 9.17) is 14.6 Å². The van der Waals surface area contributed by atoms with Crippen LogP contribution in [0.15, 0.2) is 24.5 Å². The maximum atomic E-state index is 5.49. The number of hydrogen-bond acceptors (Lipinski definition) is 6. The van der Waals surface area contributed by atoms with Gasteiger partial charge in [0.25, 0.3) is 0 Å². The normalized spacial score (nSPS) is 11.6. The topological polar surface area (TPSA) is 74.1 Å². The summed E-state index contributed by atoms with van der Waals surface area (Å²) >= 11 is -2.42. The molecule has 2 aromatic heterocycles. The Labute approximate surface area is 157 Å². The van der Waals surface area contributed by atoms with E-state index in [2.05, 4.69) is 30.1 Å². The number of nitrogens with one attached hydrogen (secondary N) is 1. The second-order valence-corrected chi connectivity index (χ2v) is 21.4. The second kappa shape index (κ2) is 7.30. The number of fused-ring (bicyclic) bond motifs is 1. The fraction of sp³-hybridized carbons (Fsp3) is 0.389. The van der Waals surface area contributed by atoms with Crippen LogP contribution in [0.4, 0.5) is 5.82 Å². The minimum atomic E-state index is -2.42. The van der Waals surface area contributed by atoms with Crippen LogP contribution in [0.1, 0.15) is 5.56 Å². The third-order valence-corrected chi connectivity index (χ3v) is 9.33. The molecule has 0 aliphatic carbocycles. The predicted molar refractivity (Wildman–Crippen MR) is 106 cm³/mol. The molecule has 0 unspecified atom stereocenters. The van der Waals surface area contributed by atoms with E-state index in [1.54, 1.807) is 20.5 Å². The Morgan fingerprint density at radius 3 is 2.54 bits per heavy atom. The van der Waals surface area contributed by atoms with Gasteiger partial charge in [0.15, 0.2) is 0 Å². The Morgan fingerprint density at radius 2 is 1.88 bits per heavy atom. The van der Waals surface area contributed by atoms with Gasteiger partial charge < -0.3 is 0 Å². The molecule has 0 aliphatic rings. The van der Waals surface area contributed by atoms with Crippen LogP contribution in [0.5, 0.6) is 11.5 Å². The van der Waals surface area contributed by atoms with Crippen LogP contribution in [-0.4, -0.2) is 52.3 Å². The van der Waals surface area contributed by atoms with Crippen molar-refractivity contribution in [2.24, 2.45) is 7.05 Å². The Kier molecular flexibility index (Phi) is 5.26. The van der Waals surface area contributed by atoms with Gasteiger partial charge in [-0.1, -0.05) is 0 Å². The summed E-state index contributed by atoms with van der Waals surface area (Å²) in [5, 5.41) is 9.26. The molecule has 26 heavy (non-hydrogen) atoms. The van der Waals surface area contributed by atoms with E-state index < -0.39 is 18.4 Å². The third kappa shape index (κ3) is 3.58. The van der Waals surface area contributed by atoms with Crippen molar-refractivity contribution < 1.29 is 9.47 Å². The molecular weight excluding hydrogens is 437 g/mol.